The lowest BCUT2D eigenvalue weighted by atomic mass is 9.95. The monoisotopic (exact) mass is 368 g/mol. The van der Waals surface area contributed by atoms with Crippen LogP contribution in [0.2, 0.25) is 0 Å². The number of nitrogens with zero attached hydrogens (tertiary/aromatic N) is 5. The average molecular weight is 368 g/mol. The number of nitrogens with one attached hydrogen (secondary N) is 1. The summed E-state index contributed by atoms with van der Waals surface area (Å²) in [6.07, 6.45) is 13.8. The molecular weight excluding hydrogens is 340 g/mol. The minimum Gasteiger partial charge on any atom is -0.347 e. The zero-order valence-corrected chi connectivity index (χ0v) is 15.8. The van der Waals surface area contributed by atoms with E-state index in [-0.39, 0.29) is 11.9 Å². The smallest absolute Gasteiger partial charge is 0.242 e. The molecule has 2 fully saturated rings. The predicted molar refractivity (Wildman–Crippen MR) is 102 cm³/mol. The molecule has 1 aliphatic carbocycles. The van der Waals surface area contributed by atoms with Crippen molar-refractivity contribution >= 4 is 5.91 Å². The van der Waals surface area contributed by atoms with Crippen LogP contribution in [-0.4, -0.2) is 43.6 Å². The van der Waals surface area contributed by atoms with E-state index in [1.54, 1.807) is 12.4 Å². The van der Waals surface area contributed by atoms with E-state index in [0.29, 0.717) is 12.6 Å². The molecule has 2 aliphatic rings. The topological polar surface area (TPSA) is 75.9 Å². The van der Waals surface area contributed by atoms with Crippen LogP contribution in [0, 0.1) is 0 Å². The Morgan fingerprint density at radius 1 is 1.19 bits per heavy atom. The normalized spacial score (nSPS) is 19.9. The summed E-state index contributed by atoms with van der Waals surface area (Å²) in [4.78, 5) is 19.5. The van der Waals surface area contributed by atoms with Gasteiger partial charge in [-0.05, 0) is 50.4 Å². The Morgan fingerprint density at radius 2 is 2.00 bits per heavy atom. The standard InChI is InChI=1S/C20H28N6O/c27-20(19(25-11-4-5-12-25)16-7-6-10-21-13-16)22-14-18-24-23-15-26(18)17-8-2-1-3-9-17/h6-7,10,13,15,17,19H,1-5,8-9,11-12,14H2,(H,22,27). The van der Waals surface area contributed by atoms with E-state index in [1.165, 1.54) is 32.1 Å². The molecule has 3 heterocycles. The van der Waals surface area contributed by atoms with Gasteiger partial charge in [0.1, 0.15) is 12.4 Å². The third-order valence-electron chi connectivity index (χ3n) is 5.79. The zero-order chi connectivity index (χ0) is 18.5. The maximum atomic E-state index is 13.1. The van der Waals surface area contributed by atoms with Gasteiger partial charge in [-0.3, -0.25) is 14.7 Å². The molecule has 7 heteroatoms. The summed E-state index contributed by atoms with van der Waals surface area (Å²) in [6.45, 7) is 2.32. The van der Waals surface area contributed by atoms with Crippen LogP contribution in [0.15, 0.2) is 30.9 Å². The predicted octanol–water partition coefficient (Wildman–Crippen LogP) is 2.63. The maximum absolute atomic E-state index is 13.1. The number of likely N-dealkylation sites (tertiary alicyclic amines) is 1. The van der Waals surface area contributed by atoms with E-state index in [2.05, 4.69) is 30.0 Å². The molecule has 7 nitrogen and oxygen atoms in total. The number of pyridine rings is 1. The lowest BCUT2D eigenvalue weighted by molar-refractivity contribution is -0.126. The van der Waals surface area contributed by atoms with Crippen molar-refractivity contribution < 1.29 is 4.79 Å². The van der Waals surface area contributed by atoms with Crippen LogP contribution in [-0.2, 0) is 11.3 Å². The van der Waals surface area contributed by atoms with Gasteiger partial charge in [-0.15, -0.1) is 10.2 Å². The highest BCUT2D eigenvalue weighted by Crippen LogP contribution is 2.29. The van der Waals surface area contributed by atoms with Crippen molar-refractivity contribution in [1.82, 2.24) is 30.0 Å². The van der Waals surface area contributed by atoms with E-state index in [1.807, 2.05) is 18.5 Å². The molecule has 1 amide bonds. The maximum Gasteiger partial charge on any atom is 0.242 e. The quantitative estimate of drug-likeness (QED) is 0.848. The van der Waals surface area contributed by atoms with Crippen LogP contribution in [0.1, 0.15) is 68.4 Å². The summed E-state index contributed by atoms with van der Waals surface area (Å²) in [6, 6.07) is 4.06. The minimum atomic E-state index is -0.285. The van der Waals surface area contributed by atoms with Gasteiger partial charge in [-0.1, -0.05) is 25.3 Å². The van der Waals surface area contributed by atoms with Crippen molar-refractivity contribution in [2.24, 2.45) is 0 Å². The van der Waals surface area contributed by atoms with Gasteiger partial charge in [0.15, 0.2) is 5.82 Å². The van der Waals surface area contributed by atoms with Gasteiger partial charge in [-0.25, -0.2) is 0 Å². The van der Waals surface area contributed by atoms with Crippen LogP contribution >= 0.6 is 0 Å². The van der Waals surface area contributed by atoms with Gasteiger partial charge in [0.25, 0.3) is 0 Å². The highest BCUT2D eigenvalue weighted by atomic mass is 16.2. The summed E-state index contributed by atoms with van der Waals surface area (Å²) in [5, 5.41) is 11.5. The Hall–Kier alpha value is -2.28. The molecule has 0 bridgehead atoms. The van der Waals surface area contributed by atoms with Crippen molar-refractivity contribution in [2.75, 3.05) is 13.1 Å². The first-order valence-corrected chi connectivity index (χ1v) is 10.1. The molecule has 1 saturated heterocycles. The van der Waals surface area contributed by atoms with Gasteiger partial charge in [0.05, 0.1) is 6.54 Å². The summed E-state index contributed by atoms with van der Waals surface area (Å²) < 4.78 is 2.16. The Balaban J connectivity index is 1.45. The molecule has 1 N–H and O–H groups in total. The van der Waals surface area contributed by atoms with Gasteiger partial charge < -0.3 is 9.88 Å². The molecule has 1 atom stereocenters. The number of carbonyl (C=O) groups is 1. The first kappa shape index (κ1) is 18.1. The fraction of sp³-hybridized carbons (Fsp3) is 0.600. The SMILES string of the molecule is O=C(NCc1nncn1C1CCCCC1)C(c1cccnc1)N1CCCC1. The number of amides is 1. The van der Waals surface area contributed by atoms with Gasteiger partial charge in [0.2, 0.25) is 5.91 Å². The van der Waals surface area contributed by atoms with E-state index in [9.17, 15) is 4.79 Å². The van der Waals surface area contributed by atoms with Gasteiger partial charge >= 0.3 is 0 Å². The molecule has 27 heavy (non-hydrogen) atoms. The molecular formula is C20H28N6O. The van der Waals surface area contributed by atoms with Crippen LogP contribution in [0.25, 0.3) is 0 Å². The van der Waals surface area contributed by atoms with E-state index < -0.39 is 0 Å². The Bertz CT molecular complexity index is 734. The lowest BCUT2D eigenvalue weighted by Crippen LogP contribution is -2.39. The summed E-state index contributed by atoms with van der Waals surface area (Å²) in [5.74, 6) is 0.865. The van der Waals surface area contributed by atoms with Gasteiger partial charge in [-0.2, -0.15) is 0 Å². The molecule has 2 aromatic rings. The molecule has 2 aromatic heterocycles. The molecule has 4 rings (SSSR count). The van der Waals surface area contributed by atoms with Crippen LogP contribution in [0.5, 0.6) is 0 Å². The fourth-order valence-electron chi connectivity index (χ4n) is 4.39. The first-order valence-electron chi connectivity index (χ1n) is 10.1. The minimum absolute atomic E-state index is 0.0168. The molecule has 0 spiro atoms. The number of hydrogen-bond acceptors (Lipinski definition) is 5. The number of carbonyl (C=O) groups excluding carboxylic acids is 1. The highest BCUT2D eigenvalue weighted by Gasteiger charge is 2.30. The second-order valence-corrected chi connectivity index (χ2v) is 7.60. The lowest BCUT2D eigenvalue weighted by Gasteiger charge is -2.27. The number of rotatable bonds is 6. The third kappa shape index (κ3) is 4.18. The fourth-order valence-corrected chi connectivity index (χ4v) is 4.39. The van der Waals surface area contributed by atoms with Crippen molar-refractivity contribution in [3.05, 3.63) is 42.2 Å². The third-order valence-corrected chi connectivity index (χ3v) is 5.79. The number of aromatic nitrogens is 4. The summed E-state index contributed by atoms with van der Waals surface area (Å²) >= 11 is 0. The Morgan fingerprint density at radius 3 is 2.74 bits per heavy atom. The Kier molecular flexibility index (Phi) is 5.77. The van der Waals surface area contributed by atoms with Crippen molar-refractivity contribution in [1.29, 1.82) is 0 Å². The molecule has 1 unspecified atom stereocenters. The molecule has 1 saturated carbocycles. The van der Waals surface area contributed by atoms with E-state index in [0.717, 1.165) is 37.3 Å². The van der Waals surface area contributed by atoms with Crippen LogP contribution in [0.4, 0.5) is 0 Å². The molecule has 0 aromatic carbocycles. The van der Waals surface area contributed by atoms with Crippen molar-refractivity contribution in [3.63, 3.8) is 0 Å². The van der Waals surface area contributed by atoms with E-state index >= 15 is 0 Å². The zero-order valence-electron chi connectivity index (χ0n) is 15.8. The molecule has 0 radical (unpaired) electrons. The summed E-state index contributed by atoms with van der Waals surface area (Å²) in [5.41, 5.74) is 0.950. The Labute approximate surface area is 160 Å². The second-order valence-electron chi connectivity index (χ2n) is 7.60. The summed E-state index contributed by atoms with van der Waals surface area (Å²) in [7, 11) is 0. The highest BCUT2D eigenvalue weighted by molar-refractivity contribution is 5.83. The second kappa shape index (κ2) is 8.61. The number of hydrogen-bond donors (Lipinski definition) is 1. The van der Waals surface area contributed by atoms with Crippen molar-refractivity contribution in [3.8, 4) is 0 Å². The van der Waals surface area contributed by atoms with Crippen LogP contribution in [0.3, 0.4) is 0 Å². The van der Waals surface area contributed by atoms with Crippen molar-refractivity contribution in [2.45, 2.75) is 63.6 Å². The molecule has 1 aliphatic heterocycles. The largest absolute Gasteiger partial charge is 0.347 e. The van der Waals surface area contributed by atoms with Gasteiger partial charge in [0, 0.05) is 18.4 Å². The average Bonchev–Trinajstić information content (AvgIpc) is 3.40. The van der Waals surface area contributed by atoms with Crippen LogP contribution < -0.4 is 5.32 Å². The first-order chi connectivity index (χ1) is 13.3. The van der Waals surface area contributed by atoms with E-state index in [4.69, 9.17) is 0 Å². The molecule has 144 valence electrons.